The lowest BCUT2D eigenvalue weighted by Crippen LogP contribution is -2.56. The maximum absolute atomic E-state index is 14.0. The van der Waals surface area contributed by atoms with Crippen LogP contribution in [0.2, 0.25) is 0 Å². The highest BCUT2D eigenvalue weighted by Crippen LogP contribution is 2.33. The Morgan fingerprint density at radius 3 is 2.12 bits per heavy atom. The van der Waals surface area contributed by atoms with Gasteiger partial charge in [0.05, 0.1) is 0 Å². The summed E-state index contributed by atoms with van der Waals surface area (Å²) in [6.45, 7) is 11.9. The van der Waals surface area contributed by atoms with Crippen molar-refractivity contribution in [3.8, 4) is 11.8 Å². The van der Waals surface area contributed by atoms with E-state index < -0.39 is 59.5 Å². The predicted molar refractivity (Wildman–Crippen MR) is 155 cm³/mol. The number of fused-ring (bicyclic) bond motifs is 2. The van der Waals surface area contributed by atoms with Crippen molar-refractivity contribution in [1.29, 1.82) is 0 Å². The lowest BCUT2D eigenvalue weighted by molar-refractivity contribution is -0.122. The second-order valence-corrected chi connectivity index (χ2v) is 12.2. The van der Waals surface area contributed by atoms with Gasteiger partial charge in [0, 0.05) is 25.4 Å². The number of hydrogen-bond donors (Lipinski definition) is 3. The van der Waals surface area contributed by atoms with Crippen LogP contribution in [0.25, 0.3) is 0 Å². The third-order valence-electron chi connectivity index (χ3n) is 6.27. The number of hydrogen-bond acceptors (Lipinski definition) is 10. The summed E-state index contributed by atoms with van der Waals surface area (Å²) in [6, 6.07) is 4.25. The molecular formula is C29H38N6O8. The average molecular weight is 599 g/mol. The molecule has 2 aliphatic rings. The van der Waals surface area contributed by atoms with Gasteiger partial charge < -0.3 is 39.8 Å². The number of nitrogens with one attached hydrogen (secondary N) is 3. The molecule has 0 saturated carbocycles. The van der Waals surface area contributed by atoms with Crippen LogP contribution >= 0.6 is 0 Å². The second kappa shape index (κ2) is 12.3. The van der Waals surface area contributed by atoms with Crippen LogP contribution in [-0.4, -0.2) is 76.0 Å². The number of carbonyl (C=O) groups excluding carboxylic acids is 4. The van der Waals surface area contributed by atoms with Crippen molar-refractivity contribution in [3.05, 3.63) is 36.7 Å². The first-order valence-electron chi connectivity index (χ1n) is 14.0. The van der Waals surface area contributed by atoms with E-state index in [1.54, 1.807) is 72.7 Å². The zero-order valence-electron chi connectivity index (χ0n) is 25.3. The van der Waals surface area contributed by atoms with Gasteiger partial charge in [-0.15, -0.1) is 0 Å². The Balaban J connectivity index is 1.63. The smallest absolute Gasteiger partial charge is 0.408 e. The molecule has 0 saturated heterocycles. The van der Waals surface area contributed by atoms with Gasteiger partial charge in [-0.2, -0.15) is 0 Å². The minimum absolute atomic E-state index is 0.00723. The summed E-state index contributed by atoms with van der Waals surface area (Å²) in [5.74, 6) is -0.696. The van der Waals surface area contributed by atoms with Crippen LogP contribution in [0.5, 0.6) is 11.8 Å². The average Bonchev–Trinajstić information content (AvgIpc) is 3.07. The summed E-state index contributed by atoms with van der Waals surface area (Å²) in [4.78, 5) is 62.6. The van der Waals surface area contributed by atoms with Gasteiger partial charge in [-0.3, -0.25) is 9.59 Å². The first-order chi connectivity index (χ1) is 20.1. The van der Waals surface area contributed by atoms with Crippen molar-refractivity contribution in [3.63, 3.8) is 0 Å². The molecule has 2 aliphatic heterocycles. The molecule has 14 nitrogen and oxygen atoms in total. The third kappa shape index (κ3) is 8.02. The molecule has 4 amide bonds. The Labute approximate surface area is 249 Å². The van der Waals surface area contributed by atoms with Crippen molar-refractivity contribution >= 4 is 35.4 Å². The number of amides is 4. The first kappa shape index (κ1) is 31.3. The monoisotopic (exact) mass is 598 g/mol. The summed E-state index contributed by atoms with van der Waals surface area (Å²) in [7, 11) is 0. The predicted octanol–water partition coefficient (Wildman–Crippen LogP) is 3.17. The molecule has 4 heterocycles. The minimum atomic E-state index is -1.20. The number of alkyl carbamates (subject to hydrolysis) is 2. The molecule has 232 valence electrons. The van der Waals surface area contributed by atoms with Crippen LogP contribution in [0, 0.1) is 0 Å². The van der Waals surface area contributed by atoms with E-state index in [2.05, 4.69) is 25.9 Å². The molecule has 2 aromatic heterocycles. The molecule has 0 bridgehead atoms. The highest BCUT2D eigenvalue weighted by atomic mass is 16.6. The summed E-state index contributed by atoms with van der Waals surface area (Å²) in [5.41, 5.74) is -0.908. The number of nitrogens with zero attached hydrogens (tertiary/aromatic N) is 3. The highest BCUT2D eigenvalue weighted by Gasteiger charge is 2.41. The molecule has 4 atom stereocenters. The lowest BCUT2D eigenvalue weighted by Gasteiger charge is -2.30. The van der Waals surface area contributed by atoms with E-state index in [-0.39, 0.29) is 24.7 Å². The fourth-order valence-electron chi connectivity index (χ4n) is 4.50. The fraction of sp³-hybridized carbons (Fsp3) is 0.517. The maximum Gasteiger partial charge on any atom is 0.408 e. The van der Waals surface area contributed by atoms with E-state index in [4.69, 9.17) is 18.9 Å². The molecule has 0 aromatic carbocycles. The Hall–Kier alpha value is -4.62. The zero-order chi connectivity index (χ0) is 31.5. The maximum atomic E-state index is 14.0. The Morgan fingerprint density at radius 1 is 0.907 bits per heavy atom. The molecular weight excluding hydrogens is 560 g/mol. The van der Waals surface area contributed by atoms with Crippen LogP contribution in [0.15, 0.2) is 36.7 Å². The Kier molecular flexibility index (Phi) is 8.97. The molecule has 0 unspecified atom stereocenters. The molecule has 0 radical (unpaired) electrons. The molecule has 0 aliphatic carbocycles. The normalized spacial score (nSPS) is 21.9. The van der Waals surface area contributed by atoms with Gasteiger partial charge in [-0.25, -0.2) is 19.6 Å². The Bertz CT molecular complexity index is 1370. The second-order valence-electron chi connectivity index (χ2n) is 12.2. The van der Waals surface area contributed by atoms with Crippen LogP contribution in [0.3, 0.4) is 0 Å². The lowest BCUT2D eigenvalue weighted by atomic mass is 10.1. The zero-order valence-corrected chi connectivity index (χ0v) is 25.3. The third-order valence-corrected chi connectivity index (χ3v) is 6.27. The molecule has 43 heavy (non-hydrogen) atoms. The van der Waals surface area contributed by atoms with Crippen LogP contribution < -0.4 is 30.3 Å². The number of aromatic nitrogens is 2. The van der Waals surface area contributed by atoms with E-state index >= 15 is 0 Å². The van der Waals surface area contributed by atoms with Gasteiger partial charge in [-0.05, 0) is 72.7 Å². The molecule has 3 N–H and O–H groups in total. The molecule has 2 aromatic rings. The standard InChI is InChI=1S/C29H38N6O8/c1-16-20(33-26(38)42-28(2,3)4)25(37)35(18-11-9-14-31-24(18)40-16)15-12-19-21(34-27(39)43-29(5,6)7)22(36)32-17-10-8-13-30-23(17)41-19/h8-11,13-14,16,19-21H,12,15H2,1-7H3,(H,32,36)(H,33,38)(H,34,39)/t16-,19-,20+,21+/m1/s1. The largest absolute Gasteiger partial charge is 0.470 e. The number of rotatable bonds is 5. The van der Waals surface area contributed by atoms with Gasteiger partial charge in [0.1, 0.15) is 46.9 Å². The minimum Gasteiger partial charge on any atom is -0.470 e. The molecule has 0 fully saturated rings. The summed E-state index contributed by atoms with van der Waals surface area (Å²) in [5, 5.41) is 7.95. The van der Waals surface area contributed by atoms with Crippen LogP contribution in [0.1, 0.15) is 54.9 Å². The molecule has 4 rings (SSSR count). The summed E-state index contributed by atoms with van der Waals surface area (Å²) in [6.07, 6.45) is -0.283. The first-order valence-corrected chi connectivity index (χ1v) is 14.0. The Morgan fingerprint density at radius 2 is 1.49 bits per heavy atom. The van der Waals surface area contributed by atoms with Crippen molar-refractivity contribution < 1.29 is 38.1 Å². The van der Waals surface area contributed by atoms with Crippen LogP contribution in [0.4, 0.5) is 21.0 Å². The molecule has 0 spiro atoms. The number of pyridine rings is 2. The van der Waals surface area contributed by atoms with Gasteiger partial charge in [0.15, 0.2) is 0 Å². The van der Waals surface area contributed by atoms with Crippen molar-refractivity contribution in [2.75, 3.05) is 16.8 Å². The van der Waals surface area contributed by atoms with E-state index in [1.807, 2.05) is 0 Å². The summed E-state index contributed by atoms with van der Waals surface area (Å²) < 4.78 is 22.9. The fourth-order valence-corrected chi connectivity index (χ4v) is 4.50. The van der Waals surface area contributed by atoms with E-state index in [0.29, 0.717) is 11.4 Å². The van der Waals surface area contributed by atoms with Crippen molar-refractivity contribution in [2.24, 2.45) is 0 Å². The molecule has 14 heteroatoms. The van der Waals surface area contributed by atoms with Gasteiger partial charge in [0.25, 0.3) is 11.8 Å². The number of ether oxygens (including phenoxy) is 4. The quantitative estimate of drug-likeness (QED) is 0.464. The van der Waals surface area contributed by atoms with E-state index in [0.717, 1.165) is 0 Å². The van der Waals surface area contributed by atoms with Gasteiger partial charge in [0.2, 0.25) is 11.8 Å². The van der Waals surface area contributed by atoms with E-state index in [1.165, 1.54) is 17.3 Å². The van der Waals surface area contributed by atoms with Gasteiger partial charge >= 0.3 is 12.2 Å². The highest BCUT2D eigenvalue weighted by molar-refractivity contribution is 6.01. The van der Waals surface area contributed by atoms with E-state index in [9.17, 15) is 19.2 Å². The number of carbonyl (C=O) groups is 4. The van der Waals surface area contributed by atoms with Crippen molar-refractivity contribution in [1.82, 2.24) is 20.6 Å². The van der Waals surface area contributed by atoms with Crippen molar-refractivity contribution in [2.45, 2.75) is 90.4 Å². The van der Waals surface area contributed by atoms with Gasteiger partial charge in [-0.1, -0.05) is 0 Å². The summed E-state index contributed by atoms with van der Waals surface area (Å²) >= 11 is 0. The van der Waals surface area contributed by atoms with Crippen LogP contribution in [-0.2, 0) is 19.1 Å². The SMILES string of the molecule is C[C@H]1Oc2ncccc2N(CC[C@H]2Oc3ncccc3NC(=O)[C@H]2NC(=O)OC(C)(C)C)C(=O)[C@H]1NC(=O)OC(C)(C)C. The topological polar surface area (TPSA) is 170 Å². The number of anilines is 2.